The highest BCUT2D eigenvalue weighted by atomic mass is 79.9. The smallest absolute Gasteiger partial charge is 0.316 e. The van der Waals surface area contributed by atoms with Gasteiger partial charge in [0.2, 0.25) is 0 Å². The lowest BCUT2D eigenvalue weighted by molar-refractivity contribution is -0.190. The Morgan fingerprint density at radius 2 is 1.97 bits per heavy atom. The van der Waals surface area contributed by atoms with Crippen LogP contribution in [0.15, 0.2) is 44.7 Å². The van der Waals surface area contributed by atoms with Gasteiger partial charge in [-0.2, -0.15) is 0 Å². The van der Waals surface area contributed by atoms with Crippen molar-refractivity contribution >= 4 is 33.7 Å². The molecule has 0 aromatic carbocycles. The van der Waals surface area contributed by atoms with Crippen LogP contribution in [0.25, 0.3) is 0 Å². The summed E-state index contributed by atoms with van der Waals surface area (Å²) in [7, 11) is 1.37. The van der Waals surface area contributed by atoms with E-state index >= 15 is 0 Å². The molecule has 36 heavy (non-hydrogen) atoms. The van der Waals surface area contributed by atoms with Crippen LogP contribution in [-0.2, 0) is 28.6 Å². The lowest BCUT2D eigenvalue weighted by atomic mass is 9.42. The van der Waals surface area contributed by atoms with E-state index in [0.717, 1.165) is 24.0 Å². The van der Waals surface area contributed by atoms with E-state index in [1.165, 1.54) is 18.8 Å². The first kappa shape index (κ1) is 24.2. The third-order valence-electron chi connectivity index (χ3n) is 10.2. The van der Waals surface area contributed by atoms with Crippen molar-refractivity contribution < 1.29 is 33.0 Å². The molecule has 0 amide bonds. The first-order valence-corrected chi connectivity index (χ1v) is 13.5. The molecule has 0 unspecified atom stereocenters. The quantitative estimate of drug-likeness (QED) is 0.383. The number of fused-ring (bicyclic) bond motifs is 4. The van der Waals surface area contributed by atoms with Crippen LogP contribution in [0.3, 0.4) is 0 Å². The summed E-state index contributed by atoms with van der Waals surface area (Å²) >= 11 is 3.55. The average molecular weight is 559 g/mol. The van der Waals surface area contributed by atoms with Crippen LogP contribution in [0.4, 0.5) is 0 Å². The fraction of sp³-hybridized carbons (Fsp3) is 0.607. The Labute approximate surface area is 218 Å². The van der Waals surface area contributed by atoms with Crippen molar-refractivity contribution in [1.29, 1.82) is 0 Å². The molecule has 0 radical (unpaired) electrons. The molecule has 7 nitrogen and oxygen atoms in total. The number of carbonyl (C=O) groups excluding carboxylic acids is 3. The second-order valence-corrected chi connectivity index (χ2v) is 12.2. The van der Waals surface area contributed by atoms with Crippen molar-refractivity contribution in [3.63, 3.8) is 0 Å². The van der Waals surface area contributed by atoms with Crippen LogP contribution in [0.2, 0.25) is 0 Å². The number of allylic oxidation sites excluding steroid dienone is 2. The van der Waals surface area contributed by atoms with Crippen molar-refractivity contribution in [3.05, 3.63) is 45.9 Å². The van der Waals surface area contributed by atoms with Gasteiger partial charge in [0.15, 0.2) is 10.5 Å². The van der Waals surface area contributed by atoms with E-state index < -0.39 is 40.3 Å². The Morgan fingerprint density at radius 3 is 2.61 bits per heavy atom. The number of esters is 2. The summed E-state index contributed by atoms with van der Waals surface area (Å²) in [5.41, 5.74) is 0.813. The minimum Gasteiger partial charge on any atom is -0.469 e. The number of rotatable bonds is 4. The Balaban J connectivity index is 1.59. The van der Waals surface area contributed by atoms with Gasteiger partial charge in [0.1, 0.15) is 12.2 Å². The van der Waals surface area contributed by atoms with Gasteiger partial charge in [-0.25, -0.2) is 0 Å². The topological polar surface area (TPSA) is 92.0 Å². The van der Waals surface area contributed by atoms with Gasteiger partial charge in [-0.05, 0) is 59.3 Å². The maximum atomic E-state index is 13.8. The van der Waals surface area contributed by atoms with Gasteiger partial charge >= 0.3 is 11.9 Å². The first-order chi connectivity index (χ1) is 17.0. The Bertz CT molecular complexity index is 1240. The first-order valence-electron chi connectivity index (χ1n) is 12.7. The lowest BCUT2D eigenvalue weighted by Gasteiger charge is -2.59. The standard InChI is InChI=1S/C28H31BrO7/c1-6-13-15(14-8-10-34-24(14)29)11-16-20(13)28(4)17(12-19(31)33-5)27(3)18(30)7-9-26(2)22(27)21(23(28)35-16)36-25(26)32/h7-10,15-17,21-23H,6,11-12H2,1-5H3/t15-,16-,17-,21-,22+,23-,26-,27+,28-/m1/s1. The molecule has 3 aliphatic carbocycles. The van der Waals surface area contributed by atoms with Crippen LogP contribution < -0.4 is 0 Å². The fourth-order valence-electron chi connectivity index (χ4n) is 8.69. The number of hydrogen-bond acceptors (Lipinski definition) is 7. The van der Waals surface area contributed by atoms with E-state index in [1.807, 2.05) is 19.9 Å². The molecule has 6 rings (SSSR count). The van der Waals surface area contributed by atoms with Gasteiger partial charge in [0.25, 0.3) is 0 Å². The van der Waals surface area contributed by atoms with E-state index in [9.17, 15) is 14.4 Å². The van der Waals surface area contributed by atoms with Crippen molar-refractivity contribution in [2.24, 2.45) is 28.1 Å². The van der Waals surface area contributed by atoms with Crippen LogP contribution in [0.1, 0.15) is 58.4 Å². The van der Waals surface area contributed by atoms with E-state index in [0.29, 0.717) is 4.67 Å². The van der Waals surface area contributed by atoms with Gasteiger partial charge in [0, 0.05) is 28.2 Å². The van der Waals surface area contributed by atoms with Crippen LogP contribution in [0.5, 0.6) is 0 Å². The number of methoxy groups -OCH3 is 1. The van der Waals surface area contributed by atoms with Crippen molar-refractivity contribution in [2.75, 3.05) is 7.11 Å². The molecule has 0 bridgehead atoms. The summed E-state index contributed by atoms with van der Waals surface area (Å²) < 4.78 is 24.3. The molecule has 192 valence electrons. The van der Waals surface area contributed by atoms with Crippen molar-refractivity contribution in [3.8, 4) is 0 Å². The zero-order valence-electron chi connectivity index (χ0n) is 21.1. The summed E-state index contributed by atoms with van der Waals surface area (Å²) in [5, 5.41) is 0. The summed E-state index contributed by atoms with van der Waals surface area (Å²) in [6.45, 7) is 8.01. The van der Waals surface area contributed by atoms with E-state index in [-0.39, 0.29) is 36.2 Å². The third kappa shape index (κ3) is 2.70. The number of halogens is 1. The van der Waals surface area contributed by atoms with Gasteiger partial charge in [-0.1, -0.05) is 32.4 Å². The molecular weight excluding hydrogens is 528 g/mol. The van der Waals surface area contributed by atoms with Gasteiger partial charge in [0.05, 0.1) is 31.3 Å². The van der Waals surface area contributed by atoms with Crippen LogP contribution in [-0.4, -0.2) is 43.1 Å². The van der Waals surface area contributed by atoms with E-state index in [4.69, 9.17) is 18.6 Å². The Morgan fingerprint density at radius 1 is 1.22 bits per heavy atom. The van der Waals surface area contributed by atoms with Crippen LogP contribution >= 0.6 is 15.9 Å². The number of carbonyl (C=O) groups is 3. The van der Waals surface area contributed by atoms with Gasteiger partial charge in [-0.15, -0.1) is 0 Å². The number of furan rings is 1. The van der Waals surface area contributed by atoms with Gasteiger partial charge < -0.3 is 18.6 Å². The zero-order valence-corrected chi connectivity index (χ0v) is 22.7. The molecule has 1 aromatic heterocycles. The van der Waals surface area contributed by atoms with Crippen molar-refractivity contribution in [2.45, 2.75) is 71.2 Å². The summed E-state index contributed by atoms with van der Waals surface area (Å²) in [6, 6.07) is 1.98. The fourth-order valence-corrected chi connectivity index (χ4v) is 9.21. The van der Waals surface area contributed by atoms with Crippen molar-refractivity contribution in [1.82, 2.24) is 0 Å². The summed E-state index contributed by atoms with van der Waals surface area (Å²) in [4.78, 5) is 39.9. The SMILES string of the molecule is CCC1=C2[C@@H](C[C@H]1c1ccoc1Br)O[C@@H]1[C@@H]3OC(=O)[C@]4(C)C=CC(=O)[C@](C)([C@@H](CC(=O)OC)[C@]21C)[C@@H]34. The molecular formula is C28H31BrO7. The van der Waals surface area contributed by atoms with Gasteiger partial charge in [-0.3, -0.25) is 14.4 Å². The second kappa shape index (κ2) is 7.67. The van der Waals surface area contributed by atoms with E-state index in [2.05, 4.69) is 29.8 Å². The average Bonchev–Trinajstić information content (AvgIpc) is 3.56. The molecule has 9 atom stereocenters. The minimum atomic E-state index is -1.00. The number of hydrogen-bond donors (Lipinski definition) is 0. The molecule has 8 heteroatoms. The normalized spacial score (nSPS) is 44.4. The molecule has 1 saturated carbocycles. The molecule has 2 saturated heterocycles. The Kier molecular flexibility index (Phi) is 5.15. The largest absolute Gasteiger partial charge is 0.469 e. The summed E-state index contributed by atoms with van der Waals surface area (Å²) in [6.07, 6.45) is 5.26. The number of ether oxygens (including phenoxy) is 3. The lowest BCUT2D eigenvalue weighted by Crippen LogP contribution is -2.66. The molecule has 3 fully saturated rings. The predicted octanol–water partition coefficient (Wildman–Crippen LogP) is 4.90. The molecule has 5 aliphatic rings. The minimum absolute atomic E-state index is 0.0592. The van der Waals surface area contributed by atoms with Crippen LogP contribution in [0, 0.1) is 28.1 Å². The maximum Gasteiger partial charge on any atom is 0.316 e. The molecule has 3 heterocycles. The molecule has 2 aliphatic heterocycles. The second-order valence-electron chi connectivity index (χ2n) is 11.5. The molecule has 1 aromatic rings. The molecule has 0 N–H and O–H groups in total. The highest BCUT2D eigenvalue weighted by molar-refractivity contribution is 9.10. The maximum absolute atomic E-state index is 13.8. The molecule has 0 spiro atoms. The third-order valence-corrected chi connectivity index (χ3v) is 10.8. The summed E-state index contributed by atoms with van der Waals surface area (Å²) in [5.74, 6) is -1.53. The predicted molar refractivity (Wildman–Crippen MR) is 132 cm³/mol. The highest BCUT2D eigenvalue weighted by Gasteiger charge is 2.78. The highest BCUT2D eigenvalue weighted by Crippen LogP contribution is 2.72. The Hall–Kier alpha value is -2.19. The number of ketones is 1. The monoisotopic (exact) mass is 558 g/mol. The zero-order chi connectivity index (χ0) is 25.8. The van der Waals surface area contributed by atoms with E-state index in [1.54, 1.807) is 12.3 Å².